The SMILES string of the molecule is NC1NC(=O)C2NCN([C@@H]3O[C@H](CO)[C@@H](O)[C@H]3O)C2N1.O.O. The molecule has 3 aliphatic heterocycles. The third-order valence-electron chi connectivity index (χ3n) is 3.94. The molecule has 0 spiro atoms. The minimum atomic E-state index is -1.17. The molecule has 0 aromatic heterocycles. The smallest absolute Gasteiger partial charge is 0.242 e. The van der Waals surface area contributed by atoms with E-state index < -0.39 is 49.6 Å². The molecule has 0 aliphatic carbocycles. The van der Waals surface area contributed by atoms with E-state index in [0.717, 1.165) is 0 Å². The Morgan fingerprint density at radius 1 is 1.32 bits per heavy atom. The van der Waals surface area contributed by atoms with Crippen molar-refractivity contribution < 1.29 is 35.8 Å². The number of carbonyl (C=O) groups is 1. The third kappa shape index (κ3) is 2.93. The highest BCUT2D eigenvalue weighted by molar-refractivity contribution is 5.84. The molecular weight excluding hydrogens is 302 g/mol. The predicted molar refractivity (Wildman–Crippen MR) is 71.7 cm³/mol. The van der Waals surface area contributed by atoms with Gasteiger partial charge in [-0.3, -0.25) is 21.2 Å². The van der Waals surface area contributed by atoms with E-state index in [1.807, 2.05) is 0 Å². The number of nitrogens with two attached hydrogens (primary N) is 1. The topological polar surface area (TPSA) is 215 Å². The fourth-order valence-electron chi connectivity index (χ4n) is 2.90. The maximum atomic E-state index is 11.8. The lowest BCUT2D eigenvalue weighted by Gasteiger charge is -2.37. The van der Waals surface area contributed by atoms with Gasteiger partial charge in [0.05, 0.1) is 19.4 Å². The van der Waals surface area contributed by atoms with Crippen LogP contribution in [0.25, 0.3) is 0 Å². The molecule has 3 unspecified atom stereocenters. The average Bonchev–Trinajstić information content (AvgIpc) is 2.93. The molecule has 12 N–H and O–H groups in total. The normalized spacial score (nSPS) is 44.7. The number of ether oxygens (including phenoxy) is 1. The second kappa shape index (κ2) is 7.10. The minimum absolute atomic E-state index is 0. The van der Waals surface area contributed by atoms with Crippen molar-refractivity contribution in [2.75, 3.05) is 13.3 Å². The van der Waals surface area contributed by atoms with E-state index in [1.165, 1.54) is 0 Å². The van der Waals surface area contributed by atoms with Gasteiger partial charge < -0.3 is 36.3 Å². The van der Waals surface area contributed by atoms with Crippen LogP contribution in [0.15, 0.2) is 0 Å². The summed E-state index contributed by atoms with van der Waals surface area (Å²) in [7, 11) is 0. The zero-order valence-electron chi connectivity index (χ0n) is 11.6. The number of nitrogens with one attached hydrogen (secondary N) is 3. The number of amides is 1. The van der Waals surface area contributed by atoms with Gasteiger partial charge >= 0.3 is 0 Å². The monoisotopic (exact) mass is 325 g/mol. The number of hydrogen-bond acceptors (Lipinski definition) is 9. The summed E-state index contributed by atoms with van der Waals surface area (Å²) in [5, 5.41) is 37.4. The van der Waals surface area contributed by atoms with Crippen molar-refractivity contribution in [1.82, 2.24) is 20.9 Å². The molecule has 0 aromatic rings. The zero-order valence-corrected chi connectivity index (χ0v) is 11.6. The first-order valence-electron chi connectivity index (χ1n) is 6.46. The molecule has 3 fully saturated rings. The zero-order chi connectivity index (χ0) is 14.4. The van der Waals surface area contributed by atoms with E-state index in [0.29, 0.717) is 0 Å². The molecule has 22 heavy (non-hydrogen) atoms. The van der Waals surface area contributed by atoms with E-state index in [1.54, 1.807) is 4.90 Å². The van der Waals surface area contributed by atoms with Crippen LogP contribution in [-0.4, -0.2) is 93.4 Å². The van der Waals surface area contributed by atoms with Crippen LogP contribution >= 0.6 is 0 Å². The van der Waals surface area contributed by atoms with Gasteiger partial charge in [-0.1, -0.05) is 0 Å². The van der Waals surface area contributed by atoms with Crippen LogP contribution in [-0.2, 0) is 9.53 Å². The number of aliphatic hydroxyl groups is 3. The van der Waals surface area contributed by atoms with Crippen LogP contribution in [0.3, 0.4) is 0 Å². The van der Waals surface area contributed by atoms with Crippen molar-refractivity contribution in [2.45, 2.75) is 43.0 Å². The molecular formula is C10H23N5O7. The molecule has 0 radical (unpaired) electrons. The fraction of sp³-hybridized carbons (Fsp3) is 0.900. The molecule has 1 amide bonds. The Bertz CT molecular complexity index is 402. The number of nitrogens with zero attached hydrogens (tertiary/aromatic N) is 1. The molecule has 0 aromatic carbocycles. The molecule has 3 aliphatic rings. The van der Waals surface area contributed by atoms with Crippen LogP contribution in [0.2, 0.25) is 0 Å². The number of rotatable bonds is 2. The largest absolute Gasteiger partial charge is 0.412 e. The van der Waals surface area contributed by atoms with Crippen LogP contribution in [0.1, 0.15) is 0 Å². The molecule has 3 saturated heterocycles. The molecule has 0 saturated carbocycles. The molecule has 130 valence electrons. The lowest BCUT2D eigenvalue weighted by molar-refractivity contribution is -0.133. The lowest BCUT2D eigenvalue weighted by Crippen LogP contribution is -2.71. The van der Waals surface area contributed by atoms with E-state index in [9.17, 15) is 15.0 Å². The Kier molecular flexibility index (Phi) is 6.17. The van der Waals surface area contributed by atoms with E-state index in [4.69, 9.17) is 15.6 Å². The summed E-state index contributed by atoms with van der Waals surface area (Å²) >= 11 is 0. The van der Waals surface area contributed by atoms with Crippen LogP contribution < -0.4 is 21.7 Å². The van der Waals surface area contributed by atoms with Crippen molar-refractivity contribution in [3.8, 4) is 0 Å². The second-order valence-electron chi connectivity index (χ2n) is 5.18. The van der Waals surface area contributed by atoms with E-state index in [-0.39, 0.29) is 23.5 Å². The first-order chi connectivity index (χ1) is 9.52. The first-order valence-corrected chi connectivity index (χ1v) is 6.46. The summed E-state index contributed by atoms with van der Waals surface area (Å²) in [6, 6.07) is -0.518. The van der Waals surface area contributed by atoms with E-state index >= 15 is 0 Å². The summed E-state index contributed by atoms with van der Waals surface area (Å²) in [5.74, 6) is -0.240. The lowest BCUT2D eigenvalue weighted by atomic mass is 10.1. The third-order valence-corrected chi connectivity index (χ3v) is 3.94. The first kappa shape index (κ1) is 19.1. The number of hydrogen-bond donors (Lipinski definition) is 7. The maximum absolute atomic E-state index is 11.8. The minimum Gasteiger partial charge on any atom is -0.412 e. The van der Waals surface area contributed by atoms with Crippen LogP contribution in [0.5, 0.6) is 0 Å². The van der Waals surface area contributed by atoms with Crippen LogP contribution in [0, 0.1) is 0 Å². The van der Waals surface area contributed by atoms with Gasteiger partial charge in [-0.25, -0.2) is 4.90 Å². The van der Waals surface area contributed by atoms with Gasteiger partial charge in [0.2, 0.25) is 5.91 Å². The quantitative estimate of drug-likeness (QED) is 0.256. The average molecular weight is 325 g/mol. The number of aliphatic hydroxyl groups excluding tert-OH is 3. The van der Waals surface area contributed by atoms with Gasteiger partial charge in [-0.2, -0.15) is 0 Å². The Hall–Kier alpha value is -0.930. The van der Waals surface area contributed by atoms with Gasteiger partial charge in [0.15, 0.2) is 0 Å². The highest BCUT2D eigenvalue weighted by Crippen LogP contribution is 2.27. The Balaban J connectivity index is 0.00000121. The standard InChI is InChI=1S/C10H19N5O5.2H2O/c11-10-13-7-4(8(19)14-10)12-2-15(7)9-6(18)5(17)3(1-16)20-9;;/h3-7,9-10,12-13,16-18H,1-2,11H2,(H,14,19);2*1H2/t3-,4?,5-,6-,7?,9-,10?;;/m1../s1. The number of fused-ring (bicyclic) bond motifs is 1. The van der Waals surface area contributed by atoms with Crippen molar-refractivity contribution in [1.29, 1.82) is 0 Å². The van der Waals surface area contributed by atoms with Gasteiger partial charge in [0, 0.05) is 0 Å². The summed E-state index contributed by atoms with van der Waals surface area (Å²) < 4.78 is 5.46. The van der Waals surface area contributed by atoms with Crippen LogP contribution in [0.4, 0.5) is 0 Å². The summed E-state index contributed by atoms with van der Waals surface area (Å²) in [4.78, 5) is 13.5. The van der Waals surface area contributed by atoms with Gasteiger partial charge in [0.1, 0.15) is 36.9 Å². The van der Waals surface area contributed by atoms with Crippen molar-refractivity contribution in [3.63, 3.8) is 0 Å². The van der Waals surface area contributed by atoms with Crippen molar-refractivity contribution in [2.24, 2.45) is 5.73 Å². The summed E-state index contributed by atoms with van der Waals surface area (Å²) in [6.07, 6.45) is -5.16. The summed E-state index contributed by atoms with van der Waals surface area (Å²) in [6.45, 7) is -0.105. The van der Waals surface area contributed by atoms with Gasteiger partial charge in [-0.05, 0) is 0 Å². The van der Waals surface area contributed by atoms with E-state index in [2.05, 4.69) is 16.0 Å². The Morgan fingerprint density at radius 2 is 2.00 bits per heavy atom. The second-order valence-corrected chi connectivity index (χ2v) is 5.18. The molecule has 3 heterocycles. The van der Waals surface area contributed by atoms with Crippen molar-refractivity contribution >= 4 is 5.91 Å². The molecule has 7 atom stereocenters. The van der Waals surface area contributed by atoms with Gasteiger partial charge in [-0.15, -0.1) is 0 Å². The Morgan fingerprint density at radius 3 is 2.59 bits per heavy atom. The predicted octanol–water partition coefficient (Wildman–Crippen LogP) is -6.70. The molecule has 12 nitrogen and oxygen atoms in total. The Labute approximate surface area is 125 Å². The molecule has 12 heteroatoms. The molecule has 3 rings (SSSR count). The maximum Gasteiger partial charge on any atom is 0.242 e. The molecule has 0 bridgehead atoms. The fourth-order valence-corrected chi connectivity index (χ4v) is 2.90. The van der Waals surface area contributed by atoms with Gasteiger partial charge in [0.25, 0.3) is 0 Å². The summed E-state index contributed by atoms with van der Waals surface area (Å²) in [5.41, 5.74) is 5.67. The highest BCUT2D eigenvalue weighted by Gasteiger charge is 2.52. The highest BCUT2D eigenvalue weighted by atomic mass is 16.6. The van der Waals surface area contributed by atoms with Crippen molar-refractivity contribution in [3.05, 3.63) is 0 Å². The number of carbonyl (C=O) groups excluding carboxylic acids is 1.